The van der Waals surface area contributed by atoms with E-state index in [0.717, 1.165) is 11.4 Å². The van der Waals surface area contributed by atoms with Crippen LogP contribution in [0.2, 0.25) is 0 Å². The van der Waals surface area contributed by atoms with Gasteiger partial charge in [-0.2, -0.15) is 0 Å². The van der Waals surface area contributed by atoms with E-state index in [2.05, 4.69) is 4.98 Å². The van der Waals surface area contributed by atoms with Crippen LogP contribution in [0, 0.1) is 17.0 Å². The lowest BCUT2D eigenvalue weighted by atomic mass is 10.2. The maximum atomic E-state index is 11.1. The number of pyridine rings is 1. The van der Waals surface area contributed by atoms with Crippen molar-refractivity contribution in [1.82, 2.24) is 4.98 Å². The number of hydrogen-bond acceptors (Lipinski definition) is 5. The van der Waals surface area contributed by atoms with Crippen LogP contribution in [0.15, 0.2) is 30.3 Å². The molecule has 2 aromatic rings. The van der Waals surface area contributed by atoms with Crippen LogP contribution in [0.25, 0.3) is 0 Å². The molecule has 0 amide bonds. The van der Waals surface area contributed by atoms with Gasteiger partial charge in [-0.15, -0.1) is 0 Å². The third kappa shape index (κ3) is 3.22. The number of rotatable bonds is 5. The van der Waals surface area contributed by atoms with Gasteiger partial charge >= 0.3 is 5.69 Å². The number of hydrogen-bond donors (Lipinski definition) is 0. The summed E-state index contributed by atoms with van der Waals surface area (Å²) in [7, 11) is 0. The highest BCUT2D eigenvalue weighted by molar-refractivity contribution is 5.77. The third-order valence-electron chi connectivity index (χ3n) is 2.94. The van der Waals surface area contributed by atoms with Gasteiger partial charge in [-0.25, -0.2) is 0 Å². The zero-order chi connectivity index (χ0) is 15.4. The van der Waals surface area contributed by atoms with Crippen LogP contribution in [-0.2, 0) is 6.42 Å². The molecule has 108 valence electrons. The Hall–Kier alpha value is -2.76. The predicted molar refractivity (Wildman–Crippen MR) is 76.9 cm³/mol. The van der Waals surface area contributed by atoms with E-state index in [0.29, 0.717) is 18.5 Å². The lowest BCUT2D eigenvalue weighted by Crippen LogP contribution is -1.99. The monoisotopic (exact) mass is 286 g/mol. The minimum Gasteiger partial charge on any atom is -0.448 e. The van der Waals surface area contributed by atoms with E-state index in [1.165, 1.54) is 18.2 Å². The number of carbonyl (C=O) groups excluding carboxylic acids is 1. The van der Waals surface area contributed by atoms with Crippen molar-refractivity contribution < 1.29 is 14.5 Å². The number of nitro groups is 1. The van der Waals surface area contributed by atoms with Crippen LogP contribution in [0.1, 0.15) is 28.7 Å². The van der Waals surface area contributed by atoms with Crippen molar-refractivity contribution in [2.75, 3.05) is 0 Å². The van der Waals surface area contributed by atoms with Gasteiger partial charge in [0.1, 0.15) is 12.0 Å². The second kappa shape index (κ2) is 6.13. The Balaban J connectivity index is 2.44. The molecule has 0 unspecified atom stereocenters. The lowest BCUT2D eigenvalue weighted by Gasteiger charge is -2.10. The molecule has 2 rings (SSSR count). The third-order valence-corrected chi connectivity index (χ3v) is 2.94. The number of aromatic nitrogens is 1. The molecule has 0 fully saturated rings. The van der Waals surface area contributed by atoms with Crippen LogP contribution in [0.4, 0.5) is 5.69 Å². The highest BCUT2D eigenvalue weighted by Gasteiger charge is 2.18. The summed E-state index contributed by atoms with van der Waals surface area (Å²) in [6, 6.07) is 7.60. The predicted octanol–water partition coefficient (Wildman–Crippen LogP) is 3.47. The fraction of sp³-hybridized carbons (Fsp3) is 0.200. The number of ether oxygens (including phenoxy) is 1. The maximum absolute atomic E-state index is 11.1. The van der Waals surface area contributed by atoms with Gasteiger partial charge in [0.15, 0.2) is 0 Å². The van der Waals surface area contributed by atoms with E-state index < -0.39 is 4.92 Å². The van der Waals surface area contributed by atoms with Crippen molar-refractivity contribution >= 4 is 12.0 Å². The van der Waals surface area contributed by atoms with Gasteiger partial charge in [-0.3, -0.25) is 19.9 Å². The minimum absolute atomic E-state index is 0.0888. The summed E-state index contributed by atoms with van der Waals surface area (Å²) in [5, 5.41) is 11.1. The molecule has 21 heavy (non-hydrogen) atoms. The molecule has 0 saturated heterocycles. The molecule has 0 radical (unpaired) electrons. The number of aldehydes is 1. The second-order valence-corrected chi connectivity index (χ2v) is 4.46. The van der Waals surface area contributed by atoms with E-state index in [9.17, 15) is 14.9 Å². The normalized spacial score (nSPS) is 10.2. The molecule has 0 atom stereocenters. The molecule has 6 heteroatoms. The molecule has 1 aromatic carbocycles. The first kappa shape index (κ1) is 14.6. The Bertz CT molecular complexity index is 698. The highest BCUT2D eigenvalue weighted by atomic mass is 16.6. The van der Waals surface area contributed by atoms with Gasteiger partial charge in [0, 0.05) is 17.3 Å². The number of aryl methyl sites for hydroxylation is 2. The van der Waals surface area contributed by atoms with E-state index >= 15 is 0 Å². The molecule has 0 saturated carbocycles. The van der Waals surface area contributed by atoms with E-state index in [1.807, 2.05) is 13.8 Å². The minimum atomic E-state index is -0.574. The summed E-state index contributed by atoms with van der Waals surface area (Å²) >= 11 is 0. The Labute approximate surface area is 121 Å². The van der Waals surface area contributed by atoms with Crippen LogP contribution >= 0.6 is 0 Å². The molecule has 1 aromatic heterocycles. The summed E-state index contributed by atoms with van der Waals surface area (Å²) in [5.41, 5.74) is 1.56. The van der Waals surface area contributed by atoms with Gasteiger partial charge < -0.3 is 4.74 Å². The van der Waals surface area contributed by atoms with Gasteiger partial charge in [0.2, 0.25) is 5.75 Å². The Kier molecular flexibility index (Phi) is 4.27. The fourth-order valence-electron chi connectivity index (χ4n) is 1.90. The van der Waals surface area contributed by atoms with Crippen LogP contribution in [0.5, 0.6) is 11.5 Å². The molecule has 0 aliphatic carbocycles. The quantitative estimate of drug-likeness (QED) is 0.477. The van der Waals surface area contributed by atoms with Gasteiger partial charge in [-0.05, 0) is 37.6 Å². The first-order chi connectivity index (χ1) is 10.0. The number of carbonyl (C=O) groups is 1. The number of nitrogens with zero attached hydrogens (tertiary/aromatic N) is 2. The standard InChI is InChI=1S/C15H14N2O4/c1-3-12-14(6-4-10(2)16-12)21-15-7-5-11(9-18)8-13(15)17(19)20/h4-9H,3H2,1-2H3. The first-order valence-corrected chi connectivity index (χ1v) is 6.43. The van der Waals surface area contributed by atoms with Crippen molar-refractivity contribution in [3.63, 3.8) is 0 Å². The lowest BCUT2D eigenvalue weighted by molar-refractivity contribution is -0.385. The van der Waals surface area contributed by atoms with Crippen molar-refractivity contribution in [3.05, 3.63) is 57.4 Å². The summed E-state index contributed by atoms with van der Waals surface area (Å²) in [4.78, 5) is 25.6. The SMILES string of the molecule is CCc1nc(C)ccc1Oc1ccc(C=O)cc1[N+](=O)[O-]. The summed E-state index contributed by atoms with van der Waals surface area (Å²) < 4.78 is 5.63. The summed E-state index contributed by atoms with van der Waals surface area (Å²) in [5.74, 6) is 0.566. The second-order valence-electron chi connectivity index (χ2n) is 4.46. The Morgan fingerprint density at radius 1 is 1.29 bits per heavy atom. The summed E-state index contributed by atoms with van der Waals surface area (Å²) in [6.07, 6.45) is 1.21. The molecule has 0 aliphatic heterocycles. The van der Waals surface area contributed by atoms with Crippen molar-refractivity contribution in [2.24, 2.45) is 0 Å². The molecule has 1 heterocycles. The smallest absolute Gasteiger partial charge is 0.312 e. The first-order valence-electron chi connectivity index (χ1n) is 6.43. The highest BCUT2D eigenvalue weighted by Crippen LogP contribution is 2.33. The van der Waals surface area contributed by atoms with Gasteiger partial charge in [-0.1, -0.05) is 6.92 Å². The average Bonchev–Trinajstić information content (AvgIpc) is 2.49. The van der Waals surface area contributed by atoms with E-state index in [4.69, 9.17) is 4.74 Å². The fourth-order valence-corrected chi connectivity index (χ4v) is 1.90. The van der Waals surface area contributed by atoms with Crippen molar-refractivity contribution in [1.29, 1.82) is 0 Å². The van der Waals surface area contributed by atoms with Crippen molar-refractivity contribution in [3.8, 4) is 11.5 Å². The molecular weight excluding hydrogens is 272 g/mol. The average molecular weight is 286 g/mol. The van der Waals surface area contributed by atoms with Crippen molar-refractivity contribution in [2.45, 2.75) is 20.3 Å². The zero-order valence-electron chi connectivity index (χ0n) is 11.7. The number of nitro benzene ring substituents is 1. The molecule has 6 nitrogen and oxygen atoms in total. The van der Waals surface area contributed by atoms with Gasteiger partial charge in [0.25, 0.3) is 0 Å². The Morgan fingerprint density at radius 2 is 2.00 bits per heavy atom. The topological polar surface area (TPSA) is 82.3 Å². The van der Waals surface area contributed by atoms with E-state index in [-0.39, 0.29) is 17.0 Å². The number of benzene rings is 1. The van der Waals surface area contributed by atoms with Crippen LogP contribution < -0.4 is 4.74 Å². The largest absolute Gasteiger partial charge is 0.448 e. The van der Waals surface area contributed by atoms with Crippen LogP contribution in [-0.4, -0.2) is 16.2 Å². The molecule has 0 aliphatic rings. The molecule has 0 N–H and O–H groups in total. The Morgan fingerprint density at radius 3 is 2.62 bits per heavy atom. The van der Waals surface area contributed by atoms with Crippen LogP contribution in [0.3, 0.4) is 0 Å². The molecule has 0 bridgehead atoms. The summed E-state index contributed by atoms with van der Waals surface area (Å²) in [6.45, 7) is 3.79. The molecule has 0 spiro atoms. The zero-order valence-corrected chi connectivity index (χ0v) is 11.7. The van der Waals surface area contributed by atoms with E-state index in [1.54, 1.807) is 12.1 Å². The van der Waals surface area contributed by atoms with Gasteiger partial charge in [0.05, 0.1) is 10.6 Å². The maximum Gasteiger partial charge on any atom is 0.312 e. The molecular formula is C15H14N2O4.